The second-order valence-corrected chi connectivity index (χ2v) is 6.49. The highest BCUT2D eigenvalue weighted by Crippen LogP contribution is 2.13. The first-order valence-corrected chi connectivity index (χ1v) is 8.94. The van der Waals surface area contributed by atoms with Crippen LogP contribution in [-0.4, -0.2) is 48.5 Å². The average Bonchev–Trinajstić information content (AvgIpc) is 2.60. The molecule has 0 saturated carbocycles. The molecule has 1 aliphatic heterocycles. The summed E-state index contributed by atoms with van der Waals surface area (Å²) in [6, 6.07) is 8.35. The number of amides is 2. The molecule has 6 heteroatoms. The monoisotopic (exact) mass is 352 g/mol. The molecule has 0 aliphatic carbocycles. The standard InChI is InChI=1S/C18H25ClN2O3/c1-14-2-4-15(5-3-14)6-7-17(22)21-11-8-16(9-12-21)20-18(23)24-13-10-19/h2-5,16H,6-13H2,1H3,(H,20,23). The Morgan fingerprint density at radius 1 is 1.25 bits per heavy atom. The number of aryl methyl sites for hydroxylation is 2. The average molecular weight is 353 g/mol. The van der Waals surface area contributed by atoms with E-state index in [2.05, 4.69) is 36.5 Å². The topological polar surface area (TPSA) is 58.6 Å². The molecule has 1 heterocycles. The highest BCUT2D eigenvalue weighted by Gasteiger charge is 2.23. The van der Waals surface area contributed by atoms with Gasteiger partial charge < -0.3 is 15.0 Å². The van der Waals surface area contributed by atoms with Gasteiger partial charge in [0.05, 0.1) is 5.88 Å². The van der Waals surface area contributed by atoms with E-state index in [1.165, 1.54) is 11.1 Å². The molecule has 0 unspecified atom stereocenters. The second kappa shape index (κ2) is 9.52. The Labute approximate surface area is 148 Å². The predicted octanol–water partition coefficient (Wildman–Crippen LogP) is 2.88. The molecule has 0 radical (unpaired) electrons. The van der Waals surface area contributed by atoms with Crippen molar-refractivity contribution in [3.8, 4) is 0 Å². The number of halogens is 1. The molecule has 132 valence electrons. The van der Waals surface area contributed by atoms with Crippen molar-refractivity contribution in [2.24, 2.45) is 0 Å². The number of rotatable bonds is 6. The summed E-state index contributed by atoms with van der Waals surface area (Å²) in [5.41, 5.74) is 2.41. The summed E-state index contributed by atoms with van der Waals surface area (Å²) in [5.74, 6) is 0.472. The van der Waals surface area contributed by atoms with Crippen molar-refractivity contribution in [3.63, 3.8) is 0 Å². The van der Waals surface area contributed by atoms with Crippen LogP contribution in [0.15, 0.2) is 24.3 Å². The summed E-state index contributed by atoms with van der Waals surface area (Å²) >= 11 is 5.47. The number of carbonyl (C=O) groups is 2. The maximum atomic E-state index is 12.3. The fourth-order valence-corrected chi connectivity index (χ4v) is 2.85. The van der Waals surface area contributed by atoms with Crippen LogP contribution in [0.1, 0.15) is 30.4 Å². The van der Waals surface area contributed by atoms with Crippen LogP contribution in [0.4, 0.5) is 4.79 Å². The van der Waals surface area contributed by atoms with Crippen molar-refractivity contribution < 1.29 is 14.3 Å². The molecule has 24 heavy (non-hydrogen) atoms. The van der Waals surface area contributed by atoms with Gasteiger partial charge in [-0.25, -0.2) is 4.79 Å². The molecule has 1 aromatic carbocycles. The first kappa shape index (κ1) is 18.6. The molecule has 1 aromatic rings. The van der Waals surface area contributed by atoms with Crippen molar-refractivity contribution >= 4 is 23.6 Å². The molecular formula is C18H25ClN2O3. The minimum absolute atomic E-state index is 0.0639. The highest BCUT2D eigenvalue weighted by molar-refractivity contribution is 6.18. The van der Waals surface area contributed by atoms with E-state index in [0.29, 0.717) is 25.4 Å². The number of nitrogens with one attached hydrogen (secondary N) is 1. The largest absolute Gasteiger partial charge is 0.448 e. The zero-order chi connectivity index (χ0) is 17.4. The van der Waals surface area contributed by atoms with E-state index in [0.717, 1.165) is 19.3 Å². The summed E-state index contributed by atoms with van der Waals surface area (Å²) in [4.78, 5) is 25.7. The Morgan fingerprint density at radius 2 is 1.92 bits per heavy atom. The van der Waals surface area contributed by atoms with Crippen LogP contribution in [-0.2, 0) is 16.0 Å². The number of ether oxygens (including phenoxy) is 1. The number of alkyl halides is 1. The number of likely N-dealkylation sites (tertiary alicyclic amines) is 1. The maximum absolute atomic E-state index is 12.3. The van der Waals surface area contributed by atoms with Crippen molar-refractivity contribution in [2.75, 3.05) is 25.6 Å². The van der Waals surface area contributed by atoms with Gasteiger partial charge in [0.25, 0.3) is 0 Å². The van der Waals surface area contributed by atoms with E-state index in [4.69, 9.17) is 16.3 Å². The lowest BCUT2D eigenvalue weighted by molar-refractivity contribution is -0.132. The molecule has 0 atom stereocenters. The van der Waals surface area contributed by atoms with Crippen LogP contribution in [0, 0.1) is 6.92 Å². The van der Waals surface area contributed by atoms with Gasteiger partial charge in [0.2, 0.25) is 5.91 Å². The van der Waals surface area contributed by atoms with Crippen LogP contribution in [0.25, 0.3) is 0 Å². The number of nitrogens with zero attached hydrogens (tertiary/aromatic N) is 1. The van der Waals surface area contributed by atoms with E-state index < -0.39 is 6.09 Å². The first-order chi connectivity index (χ1) is 11.6. The van der Waals surface area contributed by atoms with Gasteiger partial charge >= 0.3 is 6.09 Å². The quantitative estimate of drug-likeness (QED) is 0.801. The van der Waals surface area contributed by atoms with Crippen molar-refractivity contribution in [1.29, 1.82) is 0 Å². The molecule has 5 nitrogen and oxygen atoms in total. The van der Waals surface area contributed by atoms with Gasteiger partial charge in [-0.2, -0.15) is 0 Å². The number of carbonyl (C=O) groups excluding carboxylic acids is 2. The first-order valence-electron chi connectivity index (χ1n) is 8.41. The van der Waals surface area contributed by atoms with Crippen LogP contribution < -0.4 is 5.32 Å². The number of benzene rings is 1. The molecule has 0 aromatic heterocycles. The van der Waals surface area contributed by atoms with Gasteiger partial charge in [0.1, 0.15) is 6.61 Å². The Bertz CT molecular complexity index is 540. The van der Waals surface area contributed by atoms with Gasteiger partial charge in [-0.3, -0.25) is 4.79 Å². The third kappa shape index (κ3) is 6.04. The molecule has 2 amide bonds. The number of hydrogen-bond donors (Lipinski definition) is 1. The minimum Gasteiger partial charge on any atom is -0.448 e. The van der Waals surface area contributed by atoms with Crippen LogP contribution in [0.2, 0.25) is 0 Å². The molecule has 2 rings (SSSR count). The zero-order valence-electron chi connectivity index (χ0n) is 14.1. The lowest BCUT2D eigenvalue weighted by atomic mass is 10.0. The van der Waals surface area contributed by atoms with Gasteiger partial charge in [-0.1, -0.05) is 29.8 Å². The summed E-state index contributed by atoms with van der Waals surface area (Å²) in [7, 11) is 0. The fraction of sp³-hybridized carbons (Fsp3) is 0.556. The number of hydrogen-bond acceptors (Lipinski definition) is 3. The SMILES string of the molecule is Cc1ccc(CCC(=O)N2CCC(NC(=O)OCCCl)CC2)cc1. The normalized spacial score (nSPS) is 15.2. The van der Waals surface area contributed by atoms with Crippen molar-refractivity contribution in [2.45, 2.75) is 38.6 Å². The second-order valence-electron chi connectivity index (χ2n) is 6.11. The third-order valence-electron chi connectivity index (χ3n) is 4.23. The van der Waals surface area contributed by atoms with E-state index >= 15 is 0 Å². The Morgan fingerprint density at radius 3 is 2.54 bits per heavy atom. The maximum Gasteiger partial charge on any atom is 0.407 e. The molecule has 1 N–H and O–H groups in total. The fourth-order valence-electron chi connectivity index (χ4n) is 2.78. The molecule has 0 spiro atoms. The van der Waals surface area contributed by atoms with Crippen molar-refractivity contribution in [3.05, 3.63) is 35.4 Å². The third-order valence-corrected chi connectivity index (χ3v) is 4.38. The van der Waals surface area contributed by atoms with E-state index in [1.54, 1.807) is 0 Å². The van der Waals surface area contributed by atoms with Crippen LogP contribution in [0.5, 0.6) is 0 Å². The van der Waals surface area contributed by atoms with E-state index in [-0.39, 0.29) is 18.6 Å². The lowest BCUT2D eigenvalue weighted by Crippen LogP contribution is -2.46. The lowest BCUT2D eigenvalue weighted by Gasteiger charge is -2.32. The Balaban J connectivity index is 1.68. The smallest absolute Gasteiger partial charge is 0.407 e. The summed E-state index contributed by atoms with van der Waals surface area (Å²) in [6.45, 7) is 3.61. The summed E-state index contributed by atoms with van der Waals surface area (Å²) in [5, 5.41) is 2.82. The number of alkyl carbamates (subject to hydrolysis) is 1. The molecule has 1 fully saturated rings. The molecule has 0 bridgehead atoms. The predicted molar refractivity (Wildman–Crippen MR) is 94.3 cm³/mol. The van der Waals surface area contributed by atoms with Gasteiger partial charge in [-0.15, -0.1) is 11.6 Å². The zero-order valence-corrected chi connectivity index (χ0v) is 14.8. The van der Waals surface area contributed by atoms with Crippen LogP contribution in [0.3, 0.4) is 0 Å². The van der Waals surface area contributed by atoms with Gasteiger partial charge in [0, 0.05) is 25.6 Å². The number of piperidine rings is 1. The van der Waals surface area contributed by atoms with Crippen LogP contribution >= 0.6 is 11.6 Å². The Hall–Kier alpha value is -1.75. The highest BCUT2D eigenvalue weighted by atomic mass is 35.5. The van der Waals surface area contributed by atoms with Gasteiger partial charge in [0.15, 0.2) is 0 Å². The molecular weight excluding hydrogens is 328 g/mol. The minimum atomic E-state index is -0.431. The summed E-state index contributed by atoms with van der Waals surface area (Å²) < 4.78 is 4.90. The van der Waals surface area contributed by atoms with E-state index in [9.17, 15) is 9.59 Å². The van der Waals surface area contributed by atoms with Crippen molar-refractivity contribution in [1.82, 2.24) is 10.2 Å². The Kier molecular flexibility index (Phi) is 7.37. The van der Waals surface area contributed by atoms with Gasteiger partial charge in [-0.05, 0) is 31.7 Å². The molecule has 1 aliphatic rings. The summed E-state index contributed by atoms with van der Waals surface area (Å²) in [6.07, 6.45) is 2.37. The molecule has 1 saturated heterocycles. The van der Waals surface area contributed by atoms with E-state index in [1.807, 2.05) is 4.90 Å².